The number of benzene rings is 1. The van der Waals surface area contributed by atoms with E-state index in [-0.39, 0.29) is 41.9 Å². The molecule has 2 rings (SSSR count). The molecule has 0 unspecified atom stereocenters. The molecule has 0 atom stereocenters. The third-order valence-corrected chi connectivity index (χ3v) is 5.93. The first-order chi connectivity index (χ1) is 12.3. The van der Waals surface area contributed by atoms with Gasteiger partial charge in [-0.1, -0.05) is 0 Å². The van der Waals surface area contributed by atoms with Gasteiger partial charge in [-0.3, -0.25) is 14.9 Å². The van der Waals surface area contributed by atoms with Crippen molar-refractivity contribution in [3.63, 3.8) is 0 Å². The molecule has 1 aliphatic heterocycles. The molecule has 0 radical (unpaired) electrons. The number of halogens is 1. The summed E-state index contributed by atoms with van der Waals surface area (Å²) in [5, 5.41) is 13.8. The number of carbonyl (C=O) groups excluding carboxylic acids is 1. The van der Waals surface area contributed by atoms with Crippen molar-refractivity contribution in [2.45, 2.75) is 24.2 Å². The standard InChI is InChI=1S/C16H24N4O5S.ClH/c1-17-12-13-7-10-19(11-8-13)16(21)6-9-18-26(24,25)15-4-2-14(3-5-15)20(22)23;/h2-5,13,17-18H,6-12H2,1H3;1H. The number of nitro benzene ring substituents is 1. The lowest BCUT2D eigenvalue weighted by molar-refractivity contribution is -0.384. The molecule has 152 valence electrons. The Balaban J connectivity index is 0.00000364. The van der Waals surface area contributed by atoms with Gasteiger partial charge in [0.15, 0.2) is 0 Å². The molecule has 1 heterocycles. The monoisotopic (exact) mass is 420 g/mol. The molecule has 0 aromatic heterocycles. The Kier molecular flexibility index (Phi) is 9.10. The van der Waals surface area contributed by atoms with Gasteiger partial charge in [-0.05, 0) is 44.5 Å². The lowest BCUT2D eigenvalue weighted by Gasteiger charge is -2.32. The molecule has 0 bridgehead atoms. The summed E-state index contributed by atoms with van der Waals surface area (Å²) in [7, 11) is -1.89. The van der Waals surface area contributed by atoms with E-state index >= 15 is 0 Å². The first-order valence-electron chi connectivity index (χ1n) is 8.50. The number of likely N-dealkylation sites (tertiary alicyclic amines) is 1. The Hall–Kier alpha value is -1.75. The quantitative estimate of drug-likeness (QED) is 0.480. The number of sulfonamides is 1. The maximum absolute atomic E-state index is 12.2. The summed E-state index contributed by atoms with van der Waals surface area (Å²) in [6, 6.07) is 4.62. The normalized spacial score (nSPS) is 15.2. The number of non-ortho nitro benzene ring substituents is 1. The summed E-state index contributed by atoms with van der Waals surface area (Å²) in [6.07, 6.45) is 1.98. The van der Waals surface area contributed by atoms with Crippen molar-refractivity contribution in [2.75, 3.05) is 33.2 Å². The van der Waals surface area contributed by atoms with Crippen LogP contribution >= 0.6 is 12.4 Å². The molecule has 11 heteroatoms. The van der Waals surface area contributed by atoms with Crippen molar-refractivity contribution < 1.29 is 18.1 Å². The third-order valence-electron chi connectivity index (χ3n) is 4.45. The number of nitrogens with zero attached hydrogens (tertiary/aromatic N) is 2. The van der Waals surface area contributed by atoms with E-state index in [0.29, 0.717) is 19.0 Å². The zero-order valence-electron chi connectivity index (χ0n) is 15.1. The van der Waals surface area contributed by atoms with Crippen LogP contribution in [-0.4, -0.2) is 57.4 Å². The van der Waals surface area contributed by atoms with Crippen molar-refractivity contribution in [3.8, 4) is 0 Å². The number of hydrogen-bond donors (Lipinski definition) is 2. The minimum absolute atomic E-state index is 0. The van der Waals surface area contributed by atoms with Crippen LogP contribution < -0.4 is 10.0 Å². The summed E-state index contributed by atoms with van der Waals surface area (Å²) >= 11 is 0. The van der Waals surface area contributed by atoms with Crippen molar-refractivity contribution in [1.29, 1.82) is 0 Å². The molecule has 0 spiro atoms. The summed E-state index contributed by atoms with van der Waals surface area (Å²) in [4.78, 5) is 23.9. The Morgan fingerprint density at radius 3 is 2.37 bits per heavy atom. The highest BCUT2D eigenvalue weighted by Crippen LogP contribution is 2.17. The van der Waals surface area contributed by atoms with Crippen molar-refractivity contribution in [3.05, 3.63) is 34.4 Å². The van der Waals surface area contributed by atoms with Gasteiger partial charge < -0.3 is 10.2 Å². The highest BCUT2D eigenvalue weighted by atomic mass is 35.5. The van der Waals surface area contributed by atoms with E-state index < -0.39 is 14.9 Å². The van der Waals surface area contributed by atoms with Crippen LogP contribution in [0.4, 0.5) is 5.69 Å². The van der Waals surface area contributed by atoms with Gasteiger partial charge in [0.2, 0.25) is 15.9 Å². The highest BCUT2D eigenvalue weighted by Gasteiger charge is 2.23. The number of amides is 1. The lowest BCUT2D eigenvalue weighted by atomic mass is 9.96. The zero-order valence-corrected chi connectivity index (χ0v) is 16.7. The fraction of sp³-hybridized carbons (Fsp3) is 0.562. The van der Waals surface area contributed by atoms with E-state index in [1.54, 1.807) is 4.90 Å². The topological polar surface area (TPSA) is 122 Å². The molecule has 0 saturated carbocycles. The summed E-state index contributed by atoms with van der Waals surface area (Å²) in [5.41, 5.74) is -0.180. The molecule has 1 saturated heterocycles. The van der Waals surface area contributed by atoms with Gasteiger partial charge in [0, 0.05) is 38.2 Å². The van der Waals surface area contributed by atoms with Crippen LogP contribution in [-0.2, 0) is 14.8 Å². The molecule has 1 aromatic carbocycles. The van der Waals surface area contributed by atoms with E-state index in [1.165, 1.54) is 12.1 Å². The number of hydrogen-bond acceptors (Lipinski definition) is 6. The summed E-state index contributed by atoms with van der Waals surface area (Å²) < 4.78 is 26.7. The van der Waals surface area contributed by atoms with E-state index in [1.807, 2.05) is 7.05 Å². The van der Waals surface area contributed by atoms with Gasteiger partial charge >= 0.3 is 0 Å². The van der Waals surface area contributed by atoms with E-state index in [9.17, 15) is 23.3 Å². The van der Waals surface area contributed by atoms with Gasteiger partial charge in [0.25, 0.3) is 5.69 Å². The number of nitrogens with one attached hydrogen (secondary N) is 2. The molecule has 1 aromatic rings. The van der Waals surface area contributed by atoms with Crippen molar-refractivity contribution in [2.24, 2.45) is 5.92 Å². The minimum atomic E-state index is -3.80. The first-order valence-corrected chi connectivity index (χ1v) is 9.98. The fourth-order valence-corrected chi connectivity index (χ4v) is 3.99. The second-order valence-corrected chi connectivity index (χ2v) is 8.05. The Labute approximate surface area is 165 Å². The van der Waals surface area contributed by atoms with Crippen LogP contribution in [0.2, 0.25) is 0 Å². The highest BCUT2D eigenvalue weighted by molar-refractivity contribution is 7.89. The largest absolute Gasteiger partial charge is 0.343 e. The molecule has 9 nitrogen and oxygen atoms in total. The second-order valence-electron chi connectivity index (χ2n) is 6.28. The first kappa shape index (κ1) is 23.3. The predicted molar refractivity (Wildman–Crippen MR) is 103 cm³/mol. The van der Waals surface area contributed by atoms with Crippen LogP contribution in [0.15, 0.2) is 29.2 Å². The van der Waals surface area contributed by atoms with Gasteiger partial charge in [0.05, 0.1) is 9.82 Å². The van der Waals surface area contributed by atoms with Crippen LogP contribution in [0, 0.1) is 16.0 Å². The molecular weight excluding hydrogens is 396 g/mol. The second kappa shape index (κ2) is 10.5. The number of carbonyl (C=O) groups is 1. The van der Waals surface area contributed by atoms with Gasteiger partial charge in [0.1, 0.15) is 0 Å². The van der Waals surface area contributed by atoms with Gasteiger partial charge in [-0.15, -0.1) is 12.4 Å². The Morgan fingerprint density at radius 1 is 1.26 bits per heavy atom. The van der Waals surface area contributed by atoms with E-state index in [2.05, 4.69) is 10.0 Å². The van der Waals surface area contributed by atoms with Crippen LogP contribution in [0.25, 0.3) is 0 Å². The van der Waals surface area contributed by atoms with Crippen LogP contribution in [0.5, 0.6) is 0 Å². The average Bonchev–Trinajstić information content (AvgIpc) is 2.62. The maximum Gasteiger partial charge on any atom is 0.269 e. The van der Waals surface area contributed by atoms with Crippen LogP contribution in [0.1, 0.15) is 19.3 Å². The van der Waals surface area contributed by atoms with Crippen molar-refractivity contribution >= 4 is 34.0 Å². The molecular formula is C16H25ClN4O5S. The molecule has 1 fully saturated rings. The molecule has 1 aliphatic rings. The Bertz CT molecular complexity index is 734. The SMILES string of the molecule is CNCC1CCN(C(=O)CCNS(=O)(=O)c2ccc([N+](=O)[O-])cc2)CC1.Cl. The molecule has 1 amide bonds. The summed E-state index contributed by atoms with van der Waals surface area (Å²) in [5.74, 6) is 0.504. The molecule has 27 heavy (non-hydrogen) atoms. The van der Waals surface area contributed by atoms with E-state index in [4.69, 9.17) is 0 Å². The number of nitro groups is 1. The van der Waals surface area contributed by atoms with Crippen LogP contribution in [0.3, 0.4) is 0 Å². The predicted octanol–water partition coefficient (Wildman–Crippen LogP) is 1.14. The average molecular weight is 421 g/mol. The van der Waals surface area contributed by atoms with Gasteiger partial charge in [-0.2, -0.15) is 0 Å². The minimum Gasteiger partial charge on any atom is -0.343 e. The number of rotatable bonds is 8. The number of piperidine rings is 1. The zero-order chi connectivity index (χ0) is 19.2. The molecule has 2 N–H and O–H groups in total. The molecule has 0 aliphatic carbocycles. The summed E-state index contributed by atoms with van der Waals surface area (Å²) in [6.45, 7) is 2.33. The van der Waals surface area contributed by atoms with E-state index in [0.717, 1.165) is 31.5 Å². The van der Waals surface area contributed by atoms with Gasteiger partial charge in [-0.25, -0.2) is 13.1 Å². The van der Waals surface area contributed by atoms with Crippen molar-refractivity contribution in [1.82, 2.24) is 14.9 Å². The third kappa shape index (κ3) is 6.73. The Morgan fingerprint density at radius 2 is 1.85 bits per heavy atom. The fourth-order valence-electron chi connectivity index (χ4n) is 2.96. The maximum atomic E-state index is 12.2. The lowest BCUT2D eigenvalue weighted by Crippen LogP contribution is -2.41. The smallest absolute Gasteiger partial charge is 0.269 e.